The van der Waals surface area contributed by atoms with E-state index < -0.39 is 21.8 Å². The molecule has 0 unspecified atom stereocenters. The number of aryl methyl sites for hydroxylation is 1. The maximum Gasteiger partial charge on any atom is 0.178 e. The summed E-state index contributed by atoms with van der Waals surface area (Å²) < 4.78 is 25.6. The summed E-state index contributed by atoms with van der Waals surface area (Å²) in [7, 11) is -3.54. The zero-order chi connectivity index (χ0) is 18.4. The first kappa shape index (κ1) is 18.8. The van der Waals surface area contributed by atoms with Crippen molar-refractivity contribution >= 4 is 15.4 Å². The molecule has 25 heavy (non-hydrogen) atoms. The second-order valence-corrected chi connectivity index (χ2v) is 8.07. The van der Waals surface area contributed by atoms with Crippen molar-refractivity contribution in [2.75, 3.05) is 5.75 Å². The maximum absolute atomic E-state index is 12.8. The summed E-state index contributed by atoms with van der Waals surface area (Å²) in [6, 6.07) is 15.6. The van der Waals surface area contributed by atoms with Crippen molar-refractivity contribution < 1.29 is 8.42 Å². The third kappa shape index (κ3) is 4.72. The first-order valence-electron chi connectivity index (χ1n) is 7.93. The van der Waals surface area contributed by atoms with Gasteiger partial charge in [0, 0.05) is 16.9 Å². The number of sulfone groups is 1. The highest BCUT2D eigenvalue weighted by atomic mass is 32.2. The molecular formula is C19H21N3O2S. The highest BCUT2D eigenvalue weighted by molar-refractivity contribution is 7.91. The number of nitrogens with zero attached hydrogens (tertiary/aromatic N) is 3. The van der Waals surface area contributed by atoms with Crippen LogP contribution in [0.5, 0.6) is 0 Å². The SMILES string of the molecule is C=C(c1ccccc1)[C@@H](CS(=O)(=O)c1ccc(C)cc1)[C@H](C)N=[N+]=[N-]. The summed E-state index contributed by atoms with van der Waals surface area (Å²) in [5.74, 6) is -0.672. The van der Waals surface area contributed by atoms with Crippen LogP contribution in [0.4, 0.5) is 0 Å². The van der Waals surface area contributed by atoms with Crippen LogP contribution in [-0.4, -0.2) is 20.2 Å². The Hall–Kier alpha value is -2.56. The van der Waals surface area contributed by atoms with Crippen LogP contribution in [0.1, 0.15) is 18.1 Å². The number of rotatable bonds is 7. The zero-order valence-electron chi connectivity index (χ0n) is 14.3. The highest BCUT2D eigenvalue weighted by Gasteiger charge is 2.28. The largest absolute Gasteiger partial charge is 0.224 e. The molecule has 2 rings (SSSR count). The second-order valence-electron chi connectivity index (χ2n) is 6.04. The molecule has 2 aromatic rings. The quantitative estimate of drug-likeness (QED) is 0.406. The molecule has 0 radical (unpaired) electrons. The fourth-order valence-electron chi connectivity index (χ4n) is 2.64. The third-order valence-electron chi connectivity index (χ3n) is 4.19. The van der Waals surface area contributed by atoms with Gasteiger partial charge in [0.05, 0.1) is 10.6 Å². The van der Waals surface area contributed by atoms with Crippen LogP contribution in [0, 0.1) is 12.8 Å². The second kappa shape index (κ2) is 8.01. The first-order chi connectivity index (χ1) is 11.8. The molecule has 0 N–H and O–H groups in total. The van der Waals surface area contributed by atoms with Crippen molar-refractivity contribution in [2.24, 2.45) is 11.0 Å². The molecule has 0 aliphatic carbocycles. The summed E-state index contributed by atoms with van der Waals surface area (Å²) in [6.45, 7) is 7.69. The smallest absolute Gasteiger partial charge is 0.178 e. The van der Waals surface area contributed by atoms with Gasteiger partial charge in [-0.25, -0.2) is 8.42 Å². The van der Waals surface area contributed by atoms with Crippen LogP contribution in [0.15, 0.2) is 71.2 Å². The van der Waals surface area contributed by atoms with Crippen LogP contribution in [-0.2, 0) is 9.84 Å². The molecule has 0 saturated carbocycles. The number of azide groups is 1. The van der Waals surface area contributed by atoms with Gasteiger partial charge in [0.15, 0.2) is 9.84 Å². The predicted octanol–water partition coefficient (Wildman–Crippen LogP) is 4.80. The molecule has 0 spiro atoms. The maximum atomic E-state index is 12.8. The normalized spacial score (nSPS) is 13.5. The third-order valence-corrected chi connectivity index (χ3v) is 5.98. The molecule has 5 nitrogen and oxygen atoms in total. The lowest BCUT2D eigenvalue weighted by Crippen LogP contribution is -2.25. The molecule has 0 amide bonds. The van der Waals surface area contributed by atoms with Gasteiger partial charge in [-0.3, -0.25) is 0 Å². The van der Waals surface area contributed by atoms with Crippen LogP contribution in [0.2, 0.25) is 0 Å². The van der Waals surface area contributed by atoms with Crippen LogP contribution in [0.3, 0.4) is 0 Å². The van der Waals surface area contributed by atoms with Crippen molar-refractivity contribution in [2.45, 2.75) is 24.8 Å². The van der Waals surface area contributed by atoms with Gasteiger partial charge >= 0.3 is 0 Å². The number of hydrogen-bond donors (Lipinski definition) is 0. The van der Waals surface area contributed by atoms with E-state index in [0.29, 0.717) is 5.57 Å². The van der Waals surface area contributed by atoms with Gasteiger partial charge in [-0.2, -0.15) is 0 Å². The number of hydrogen-bond acceptors (Lipinski definition) is 3. The van der Waals surface area contributed by atoms with E-state index in [-0.39, 0.29) is 10.6 Å². The van der Waals surface area contributed by atoms with Gasteiger partial charge in [0.2, 0.25) is 0 Å². The van der Waals surface area contributed by atoms with Crippen molar-refractivity contribution in [1.29, 1.82) is 0 Å². The molecule has 0 aliphatic rings. The Kier molecular flexibility index (Phi) is 6.02. The van der Waals surface area contributed by atoms with Gasteiger partial charge in [-0.05, 0) is 35.7 Å². The molecule has 0 heterocycles. The van der Waals surface area contributed by atoms with Gasteiger partial charge in [-0.15, -0.1) is 0 Å². The fraction of sp³-hybridized carbons (Fsp3) is 0.263. The van der Waals surface area contributed by atoms with Gasteiger partial charge < -0.3 is 0 Å². The Morgan fingerprint density at radius 1 is 1.16 bits per heavy atom. The van der Waals surface area contributed by atoms with E-state index in [2.05, 4.69) is 16.6 Å². The molecular weight excluding hydrogens is 334 g/mol. The molecule has 2 atom stereocenters. The molecule has 6 heteroatoms. The number of benzene rings is 2. The Balaban J connectivity index is 2.37. The van der Waals surface area contributed by atoms with E-state index in [4.69, 9.17) is 5.53 Å². The van der Waals surface area contributed by atoms with Gasteiger partial charge in [0.1, 0.15) is 0 Å². The summed E-state index contributed by atoms with van der Waals surface area (Å²) in [6.07, 6.45) is 0. The minimum absolute atomic E-state index is 0.163. The average molecular weight is 355 g/mol. The zero-order valence-corrected chi connectivity index (χ0v) is 15.1. The van der Waals surface area contributed by atoms with Gasteiger partial charge in [0.25, 0.3) is 0 Å². The summed E-state index contributed by atoms with van der Waals surface area (Å²) >= 11 is 0. The van der Waals surface area contributed by atoms with Crippen LogP contribution in [0.25, 0.3) is 16.0 Å². The molecule has 0 aromatic heterocycles. The van der Waals surface area contributed by atoms with Crippen molar-refractivity contribution in [3.63, 3.8) is 0 Å². The van der Waals surface area contributed by atoms with Gasteiger partial charge in [-0.1, -0.05) is 66.6 Å². The van der Waals surface area contributed by atoms with Crippen LogP contribution >= 0.6 is 0 Å². The van der Waals surface area contributed by atoms with E-state index in [1.165, 1.54) is 0 Å². The lowest BCUT2D eigenvalue weighted by atomic mass is 9.90. The van der Waals surface area contributed by atoms with Crippen molar-refractivity contribution in [3.05, 3.63) is 82.7 Å². The first-order valence-corrected chi connectivity index (χ1v) is 9.58. The Labute approximate surface area is 148 Å². The van der Waals surface area contributed by atoms with E-state index in [1.807, 2.05) is 37.3 Å². The summed E-state index contributed by atoms with van der Waals surface area (Å²) in [4.78, 5) is 3.10. The average Bonchev–Trinajstić information content (AvgIpc) is 2.60. The Morgan fingerprint density at radius 3 is 2.32 bits per heavy atom. The summed E-state index contributed by atoms with van der Waals surface area (Å²) in [5, 5.41) is 3.72. The van der Waals surface area contributed by atoms with Crippen molar-refractivity contribution in [1.82, 2.24) is 0 Å². The topological polar surface area (TPSA) is 82.9 Å². The molecule has 0 bridgehead atoms. The molecule has 0 aliphatic heterocycles. The van der Waals surface area contributed by atoms with E-state index in [1.54, 1.807) is 31.2 Å². The fourth-order valence-corrected chi connectivity index (χ4v) is 4.33. The molecule has 0 fully saturated rings. The highest BCUT2D eigenvalue weighted by Crippen LogP contribution is 2.29. The Morgan fingerprint density at radius 2 is 1.76 bits per heavy atom. The van der Waals surface area contributed by atoms with E-state index in [9.17, 15) is 8.42 Å². The summed E-state index contributed by atoms with van der Waals surface area (Å²) in [5.41, 5.74) is 11.2. The standard InChI is InChI=1S/C19H21N3O2S/c1-14-9-11-18(12-10-14)25(23,24)13-19(16(3)21-22-20)15(2)17-7-5-4-6-8-17/h4-12,16,19H,2,13H2,1,3H3/t16-,19+/m0/s1. The van der Waals surface area contributed by atoms with Crippen molar-refractivity contribution in [3.8, 4) is 0 Å². The van der Waals surface area contributed by atoms with Crippen LogP contribution < -0.4 is 0 Å². The lowest BCUT2D eigenvalue weighted by molar-refractivity contribution is 0.557. The molecule has 130 valence electrons. The van der Waals surface area contributed by atoms with E-state index >= 15 is 0 Å². The molecule has 0 saturated heterocycles. The Bertz CT molecular complexity index is 884. The minimum atomic E-state index is -3.54. The molecule has 2 aromatic carbocycles. The predicted molar refractivity (Wildman–Crippen MR) is 101 cm³/mol. The van der Waals surface area contributed by atoms with E-state index in [0.717, 1.165) is 11.1 Å². The monoisotopic (exact) mass is 355 g/mol. The lowest BCUT2D eigenvalue weighted by Gasteiger charge is -2.23. The minimum Gasteiger partial charge on any atom is -0.224 e.